The molecule has 25 heavy (non-hydrogen) atoms. The molecule has 3 rings (SSSR count). The molecule has 2 N–H and O–H groups in total. The number of carboxylic acid groups (broad SMARTS) is 1. The number of nitrogens with one attached hydrogen (secondary N) is 1. The topological polar surface area (TPSA) is 92.7 Å². The maximum absolute atomic E-state index is 12.6. The first-order chi connectivity index (χ1) is 11.9. The van der Waals surface area contributed by atoms with Gasteiger partial charge in [-0.3, -0.25) is 0 Å². The molecule has 1 fully saturated rings. The Hall–Kier alpha value is -1.74. The summed E-state index contributed by atoms with van der Waals surface area (Å²) in [5, 5.41) is 11.2. The van der Waals surface area contributed by atoms with E-state index in [1.165, 1.54) is 29.5 Å². The van der Waals surface area contributed by atoms with Crippen molar-refractivity contribution in [2.75, 3.05) is 13.2 Å². The van der Waals surface area contributed by atoms with Crippen molar-refractivity contribution in [2.24, 2.45) is 0 Å². The molecule has 2 heterocycles. The van der Waals surface area contributed by atoms with Gasteiger partial charge in [0.15, 0.2) is 0 Å². The van der Waals surface area contributed by atoms with Gasteiger partial charge in [0.2, 0.25) is 10.0 Å². The van der Waals surface area contributed by atoms with Crippen LogP contribution in [0.5, 0.6) is 0 Å². The van der Waals surface area contributed by atoms with Crippen LogP contribution in [0.15, 0.2) is 34.5 Å². The Labute approximate surface area is 150 Å². The van der Waals surface area contributed by atoms with Gasteiger partial charge in [-0.05, 0) is 60.5 Å². The van der Waals surface area contributed by atoms with Crippen LogP contribution < -0.4 is 4.72 Å². The van der Waals surface area contributed by atoms with E-state index in [1.54, 1.807) is 0 Å². The smallest absolute Gasteiger partial charge is 0.335 e. The zero-order chi connectivity index (χ0) is 18.0. The van der Waals surface area contributed by atoms with Gasteiger partial charge in [0.05, 0.1) is 16.6 Å². The summed E-state index contributed by atoms with van der Waals surface area (Å²) in [6.45, 7) is 2.73. The summed E-state index contributed by atoms with van der Waals surface area (Å²) in [7, 11) is -3.82. The number of thiophene rings is 1. The minimum atomic E-state index is -3.82. The van der Waals surface area contributed by atoms with Gasteiger partial charge in [-0.15, -0.1) is 11.3 Å². The quantitative estimate of drug-likeness (QED) is 0.803. The van der Waals surface area contributed by atoms with Crippen LogP contribution in [-0.4, -0.2) is 38.7 Å². The van der Waals surface area contributed by atoms with Gasteiger partial charge in [0.25, 0.3) is 0 Å². The maximum Gasteiger partial charge on any atom is 0.335 e. The molecule has 0 saturated carbocycles. The van der Waals surface area contributed by atoms with E-state index in [9.17, 15) is 18.3 Å². The number of sulfonamides is 1. The lowest BCUT2D eigenvalue weighted by Crippen LogP contribution is -2.32. The van der Waals surface area contributed by atoms with E-state index in [2.05, 4.69) is 4.72 Å². The fourth-order valence-electron chi connectivity index (χ4n) is 2.77. The van der Waals surface area contributed by atoms with Gasteiger partial charge in [0, 0.05) is 18.0 Å². The molecule has 8 heteroatoms. The van der Waals surface area contributed by atoms with Crippen molar-refractivity contribution in [1.29, 1.82) is 0 Å². The van der Waals surface area contributed by atoms with Gasteiger partial charge in [-0.2, -0.15) is 0 Å². The highest BCUT2D eigenvalue weighted by Crippen LogP contribution is 2.31. The van der Waals surface area contributed by atoms with Gasteiger partial charge >= 0.3 is 5.97 Å². The van der Waals surface area contributed by atoms with Crippen LogP contribution in [0.1, 0.15) is 28.8 Å². The second-order valence-electron chi connectivity index (χ2n) is 5.97. The predicted octanol–water partition coefficient (Wildman–Crippen LogP) is 2.88. The zero-order valence-corrected chi connectivity index (χ0v) is 15.3. The van der Waals surface area contributed by atoms with Crippen molar-refractivity contribution in [1.82, 2.24) is 4.72 Å². The Morgan fingerprint density at radius 1 is 1.40 bits per heavy atom. The average molecular weight is 381 g/mol. The normalized spacial score (nSPS) is 17.7. The molecule has 1 aromatic carbocycles. The zero-order valence-electron chi connectivity index (χ0n) is 13.7. The number of ether oxygens (including phenoxy) is 1. The lowest BCUT2D eigenvalue weighted by atomic mass is 10.1. The molecule has 1 atom stereocenters. The Morgan fingerprint density at radius 2 is 2.20 bits per heavy atom. The molecule has 6 nitrogen and oxygen atoms in total. The highest BCUT2D eigenvalue weighted by Gasteiger charge is 2.22. The molecule has 0 spiro atoms. The van der Waals surface area contributed by atoms with Gasteiger partial charge < -0.3 is 9.84 Å². The summed E-state index contributed by atoms with van der Waals surface area (Å²) in [6.07, 6.45) is 1.61. The molecule has 1 aromatic heterocycles. The standard InChI is InChI=1S/C17H19NO5S2/c1-11-4-6-24-16(11)12-7-13(17(19)20)9-15(8-12)25(21,22)18-10-14-3-2-5-23-14/h4,6-9,14,18H,2-3,5,10H2,1H3,(H,19,20)/t14-/m1/s1. The number of hydrogen-bond donors (Lipinski definition) is 2. The van der Waals surface area contributed by atoms with Crippen LogP contribution in [0, 0.1) is 6.92 Å². The van der Waals surface area contributed by atoms with Crippen molar-refractivity contribution in [3.05, 3.63) is 40.8 Å². The molecule has 1 aliphatic heterocycles. The van der Waals surface area contributed by atoms with Gasteiger partial charge in [0.1, 0.15) is 0 Å². The lowest BCUT2D eigenvalue weighted by Gasteiger charge is -2.13. The number of benzene rings is 1. The summed E-state index contributed by atoms with van der Waals surface area (Å²) < 4.78 is 33.2. The molecular weight excluding hydrogens is 362 g/mol. The van der Waals surface area contributed by atoms with E-state index in [4.69, 9.17) is 4.74 Å². The number of hydrogen-bond acceptors (Lipinski definition) is 5. The molecule has 0 aliphatic carbocycles. The first-order valence-corrected chi connectivity index (χ1v) is 10.3. The lowest BCUT2D eigenvalue weighted by molar-refractivity contribution is 0.0696. The third-order valence-corrected chi connectivity index (χ3v) is 6.58. The molecule has 1 aliphatic rings. The molecule has 134 valence electrons. The highest BCUT2D eigenvalue weighted by atomic mass is 32.2. The van der Waals surface area contributed by atoms with Crippen LogP contribution in [0.4, 0.5) is 0 Å². The fraction of sp³-hybridized carbons (Fsp3) is 0.353. The van der Waals surface area contributed by atoms with Gasteiger partial charge in [-0.1, -0.05) is 0 Å². The second kappa shape index (κ2) is 7.25. The second-order valence-corrected chi connectivity index (χ2v) is 8.65. The Morgan fingerprint density at radius 3 is 2.80 bits per heavy atom. The summed E-state index contributed by atoms with van der Waals surface area (Å²) in [5.74, 6) is -1.16. The van der Waals surface area contributed by atoms with Crippen molar-refractivity contribution in [3.8, 4) is 10.4 Å². The van der Waals surface area contributed by atoms with Gasteiger partial charge in [-0.25, -0.2) is 17.9 Å². The molecule has 2 aromatic rings. The number of carboxylic acids is 1. The van der Waals surface area contributed by atoms with E-state index in [-0.39, 0.29) is 23.1 Å². The van der Waals surface area contributed by atoms with E-state index < -0.39 is 16.0 Å². The van der Waals surface area contributed by atoms with Crippen LogP contribution >= 0.6 is 11.3 Å². The third-order valence-electron chi connectivity index (χ3n) is 4.11. The predicted molar refractivity (Wildman–Crippen MR) is 95.6 cm³/mol. The van der Waals surface area contributed by atoms with Crippen molar-refractivity contribution < 1.29 is 23.1 Å². The highest BCUT2D eigenvalue weighted by molar-refractivity contribution is 7.89. The first kappa shape index (κ1) is 18.1. The SMILES string of the molecule is Cc1ccsc1-c1cc(C(=O)O)cc(S(=O)(=O)NC[C@H]2CCCO2)c1. The van der Waals surface area contributed by atoms with Crippen LogP contribution in [0.3, 0.4) is 0 Å². The molecule has 1 saturated heterocycles. The number of rotatable bonds is 6. The summed E-state index contributed by atoms with van der Waals surface area (Å²) in [4.78, 5) is 12.2. The van der Waals surface area contributed by atoms with E-state index in [0.29, 0.717) is 12.2 Å². The van der Waals surface area contributed by atoms with E-state index >= 15 is 0 Å². The Bertz CT molecular complexity index is 882. The minimum absolute atomic E-state index is 0.0480. The van der Waals surface area contributed by atoms with Crippen molar-refractivity contribution in [2.45, 2.75) is 30.8 Å². The summed E-state index contributed by atoms with van der Waals surface area (Å²) in [5.41, 5.74) is 1.51. The number of aromatic carboxylic acids is 1. The van der Waals surface area contributed by atoms with Crippen molar-refractivity contribution in [3.63, 3.8) is 0 Å². The third kappa shape index (κ3) is 4.09. The number of carbonyl (C=O) groups is 1. The fourth-order valence-corrected chi connectivity index (χ4v) is 4.82. The van der Waals surface area contributed by atoms with Crippen molar-refractivity contribution >= 4 is 27.3 Å². The number of aryl methyl sites for hydroxylation is 1. The maximum atomic E-state index is 12.6. The minimum Gasteiger partial charge on any atom is -0.478 e. The largest absolute Gasteiger partial charge is 0.478 e. The average Bonchev–Trinajstić information content (AvgIpc) is 3.24. The summed E-state index contributed by atoms with van der Waals surface area (Å²) in [6, 6.07) is 6.12. The van der Waals surface area contributed by atoms with Crippen LogP contribution in [-0.2, 0) is 14.8 Å². The molecule has 0 amide bonds. The molecular formula is C17H19NO5S2. The van der Waals surface area contributed by atoms with Crippen LogP contribution in [0.2, 0.25) is 0 Å². The molecule has 0 radical (unpaired) electrons. The first-order valence-electron chi connectivity index (χ1n) is 7.91. The molecule has 0 unspecified atom stereocenters. The Balaban J connectivity index is 1.95. The summed E-state index contributed by atoms with van der Waals surface area (Å²) >= 11 is 1.45. The van der Waals surface area contributed by atoms with E-state index in [0.717, 1.165) is 23.3 Å². The van der Waals surface area contributed by atoms with Crippen LogP contribution in [0.25, 0.3) is 10.4 Å². The van der Waals surface area contributed by atoms with E-state index in [1.807, 2.05) is 18.4 Å². The Kier molecular flexibility index (Phi) is 5.24. The monoisotopic (exact) mass is 381 g/mol. The molecule has 0 bridgehead atoms.